The van der Waals surface area contributed by atoms with Crippen molar-refractivity contribution in [3.8, 4) is 35.4 Å². The molecule has 0 unspecified atom stereocenters. The molecule has 3 aliphatic heterocycles. The van der Waals surface area contributed by atoms with Crippen molar-refractivity contribution in [2.75, 3.05) is 51.6 Å². The van der Waals surface area contributed by atoms with Gasteiger partial charge in [-0.2, -0.15) is 9.97 Å². The largest absolute Gasteiger partial charge is 0.468 e. The number of fused-ring (bicyclic) bond motifs is 3. The van der Waals surface area contributed by atoms with Crippen LogP contribution in [0, 0.1) is 25.1 Å². The molecule has 0 N–H and O–H groups in total. The Labute approximate surface area is 252 Å². The first-order valence-corrected chi connectivity index (χ1v) is 14.8. The highest BCUT2D eigenvalue weighted by molar-refractivity contribution is 6.03. The van der Waals surface area contributed by atoms with E-state index in [0.717, 1.165) is 38.9 Å². The maximum absolute atomic E-state index is 15.0. The predicted octanol–water partition coefficient (Wildman–Crippen LogP) is 4.98. The number of terminal acetylenes is 1. The number of alkyl halides is 1. The van der Waals surface area contributed by atoms with Gasteiger partial charge in [0.15, 0.2) is 12.6 Å². The van der Waals surface area contributed by atoms with E-state index < -0.39 is 17.6 Å². The molecule has 0 amide bonds. The molecule has 228 valence electrons. The molecule has 0 saturated carbocycles. The number of aryl methyl sites for hydroxylation is 1. The fourth-order valence-corrected chi connectivity index (χ4v) is 6.89. The van der Waals surface area contributed by atoms with Crippen molar-refractivity contribution in [3.05, 3.63) is 51.6 Å². The van der Waals surface area contributed by atoms with E-state index >= 15 is 0 Å². The highest BCUT2D eigenvalue weighted by Gasteiger charge is 2.49. The molecular formula is C33H32F2N4O5. The Morgan fingerprint density at radius 1 is 1.16 bits per heavy atom. The number of hydrogen-bond donors (Lipinski definition) is 0. The SMILES string of the molecule is C#Cc1c(F)ccc2cc(OCOC)cc(-c3oc(=O)c4c(N5CCC5)nc(OC[C@@]56CCCN5C[C@H](F)C6)nc4c3C)c12. The maximum atomic E-state index is 15.0. The Balaban J connectivity index is 1.40. The first-order valence-electron chi connectivity index (χ1n) is 14.8. The lowest BCUT2D eigenvalue weighted by atomic mass is 9.95. The normalized spacial score (nSPS) is 21.4. The van der Waals surface area contributed by atoms with Crippen LogP contribution in [-0.4, -0.2) is 73.3 Å². The third-order valence-electron chi connectivity index (χ3n) is 9.12. The monoisotopic (exact) mass is 602 g/mol. The summed E-state index contributed by atoms with van der Waals surface area (Å²) >= 11 is 0. The number of hydrogen-bond acceptors (Lipinski definition) is 9. The van der Waals surface area contributed by atoms with E-state index in [4.69, 9.17) is 30.0 Å². The van der Waals surface area contributed by atoms with E-state index in [9.17, 15) is 13.6 Å². The zero-order valence-corrected chi connectivity index (χ0v) is 24.6. The number of rotatable bonds is 8. The topological polar surface area (TPSA) is 90.2 Å². The van der Waals surface area contributed by atoms with Gasteiger partial charge in [0.25, 0.3) is 0 Å². The summed E-state index contributed by atoms with van der Waals surface area (Å²) in [5.41, 5.74) is 0.270. The molecule has 3 saturated heterocycles. The lowest BCUT2D eigenvalue weighted by Gasteiger charge is -2.33. The minimum atomic E-state index is -0.890. The average molecular weight is 603 g/mol. The van der Waals surface area contributed by atoms with Crippen LogP contribution in [0.5, 0.6) is 11.8 Å². The average Bonchev–Trinajstić information content (AvgIpc) is 3.51. The second kappa shape index (κ2) is 11.0. The van der Waals surface area contributed by atoms with Gasteiger partial charge >= 0.3 is 11.6 Å². The van der Waals surface area contributed by atoms with E-state index in [2.05, 4.69) is 15.8 Å². The zero-order chi connectivity index (χ0) is 30.6. The van der Waals surface area contributed by atoms with Crippen LogP contribution in [0.2, 0.25) is 0 Å². The predicted molar refractivity (Wildman–Crippen MR) is 162 cm³/mol. The van der Waals surface area contributed by atoms with Crippen LogP contribution in [0.1, 0.15) is 36.8 Å². The van der Waals surface area contributed by atoms with Gasteiger partial charge in [0.05, 0.1) is 16.6 Å². The fourth-order valence-electron chi connectivity index (χ4n) is 6.89. The highest BCUT2D eigenvalue weighted by atomic mass is 19.1. The Hall–Kier alpha value is -4.27. The molecule has 7 rings (SSSR count). The van der Waals surface area contributed by atoms with Crippen LogP contribution in [0.15, 0.2) is 33.5 Å². The molecule has 11 heteroatoms. The quantitative estimate of drug-likeness (QED) is 0.205. The van der Waals surface area contributed by atoms with Crippen LogP contribution in [0.3, 0.4) is 0 Å². The van der Waals surface area contributed by atoms with Crippen LogP contribution in [-0.2, 0) is 4.74 Å². The molecule has 2 aromatic carbocycles. The van der Waals surface area contributed by atoms with Crippen molar-refractivity contribution < 1.29 is 27.4 Å². The zero-order valence-electron chi connectivity index (χ0n) is 24.6. The van der Waals surface area contributed by atoms with Gasteiger partial charge in [-0.05, 0) is 56.3 Å². The number of nitrogens with zero attached hydrogens (tertiary/aromatic N) is 4. The molecule has 3 aliphatic rings. The van der Waals surface area contributed by atoms with E-state index in [1.165, 1.54) is 13.2 Å². The second-order valence-corrected chi connectivity index (χ2v) is 11.8. The van der Waals surface area contributed by atoms with Gasteiger partial charge in [0, 0.05) is 49.7 Å². The van der Waals surface area contributed by atoms with Crippen molar-refractivity contribution in [2.24, 2.45) is 0 Å². The van der Waals surface area contributed by atoms with Gasteiger partial charge in [0.2, 0.25) is 0 Å². The van der Waals surface area contributed by atoms with Crippen LogP contribution < -0.4 is 20.0 Å². The Morgan fingerprint density at radius 2 is 2.00 bits per heavy atom. The molecule has 0 bridgehead atoms. The maximum Gasteiger partial charge on any atom is 0.349 e. The van der Waals surface area contributed by atoms with Crippen LogP contribution >= 0.6 is 0 Å². The van der Waals surface area contributed by atoms with Crippen LogP contribution in [0.25, 0.3) is 33.0 Å². The summed E-state index contributed by atoms with van der Waals surface area (Å²) < 4.78 is 52.4. The molecule has 0 radical (unpaired) electrons. The first kappa shape index (κ1) is 28.5. The molecule has 44 heavy (non-hydrogen) atoms. The van der Waals surface area contributed by atoms with E-state index in [-0.39, 0.29) is 41.7 Å². The number of methoxy groups -OCH3 is 1. The van der Waals surface area contributed by atoms with Crippen molar-refractivity contribution in [2.45, 2.75) is 44.3 Å². The lowest BCUT2D eigenvalue weighted by Crippen LogP contribution is -2.43. The summed E-state index contributed by atoms with van der Waals surface area (Å²) in [6.45, 7) is 4.70. The number of aromatic nitrogens is 2. The molecule has 3 fully saturated rings. The summed E-state index contributed by atoms with van der Waals surface area (Å²) in [5.74, 6) is 2.91. The van der Waals surface area contributed by atoms with E-state index in [1.807, 2.05) is 4.90 Å². The van der Waals surface area contributed by atoms with E-state index in [0.29, 0.717) is 51.9 Å². The summed E-state index contributed by atoms with van der Waals surface area (Å²) in [7, 11) is 1.50. The van der Waals surface area contributed by atoms with Crippen LogP contribution in [0.4, 0.5) is 14.6 Å². The van der Waals surface area contributed by atoms with Gasteiger partial charge < -0.3 is 23.5 Å². The standard InChI is InChI=1S/C33H32F2N4O5/c1-4-23-25(35)8-7-20-13-22(43-18-41-3)14-24(26(20)23)29-19(2)28-27(31(40)44-29)30(38-10-6-11-38)37-32(36-28)42-17-33-9-5-12-39(33)16-21(34)15-33/h1,7-8,13-14,21H,5-6,9-12,15-18H2,2-3H3/t21-,33+/m1/s1. The van der Waals surface area contributed by atoms with Gasteiger partial charge in [-0.1, -0.05) is 12.0 Å². The van der Waals surface area contributed by atoms with Gasteiger partial charge in [-0.3, -0.25) is 4.90 Å². The van der Waals surface area contributed by atoms with Crippen molar-refractivity contribution in [1.29, 1.82) is 0 Å². The minimum Gasteiger partial charge on any atom is -0.468 e. The van der Waals surface area contributed by atoms with Crippen molar-refractivity contribution >= 4 is 27.5 Å². The van der Waals surface area contributed by atoms with Gasteiger partial charge in [-0.25, -0.2) is 13.6 Å². The molecule has 2 aromatic heterocycles. The van der Waals surface area contributed by atoms with Crippen molar-refractivity contribution in [1.82, 2.24) is 14.9 Å². The number of benzene rings is 2. The fraction of sp³-hybridized carbons (Fsp3) is 0.424. The molecule has 2 atom stereocenters. The highest BCUT2D eigenvalue weighted by Crippen LogP contribution is 2.42. The molecule has 5 heterocycles. The Morgan fingerprint density at radius 3 is 2.75 bits per heavy atom. The third kappa shape index (κ3) is 4.64. The minimum absolute atomic E-state index is 0.0238. The summed E-state index contributed by atoms with van der Waals surface area (Å²) in [6.07, 6.45) is 8.07. The summed E-state index contributed by atoms with van der Waals surface area (Å²) in [5, 5.41) is 1.24. The van der Waals surface area contributed by atoms with Gasteiger partial charge in [-0.15, -0.1) is 6.42 Å². The molecule has 0 aliphatic carbocycles. The first-order chi connectivity index (χ1) is 21.3. The Bertz CT molecular complexity index is 1890. The van der Waals surface area contributed by atoms with Crippen molar-refractivity contribution in [3.63, 3.8) is 0 Å². The number of anilines is 1. The summed E-state index contributed by atoms with van der Waals surface area (Å²) in [4.78, 5) is 27.3. The van der Waals surface area contributed by atoms with Gasteiger partial charge in [0.1, 0.15) is 35.5 Å². The lowest BCUT2D eigenvalue weighted by molar-refractivity contribution is 0.0512. The smallest absolute Gasteiger partial charge is 0.349 e. The summed E-state index contributed by atoms with van der Waals surface area (Å²) in [6, 6.07) is 6.37. The third-order valence-corrected chi connectivity index (χ3v) is 9.12. The Kier molecular flexibility index (Phi) is 7.14. The molecule has 9 nitrogen and oxygen atoms in total. The number of ether oxygens (including phenoxy) is 3. The van der Waals surface area contributed by atoms with E-state index in [1.54, 1.807) is 25.1 Å². The molecule has 4 aromatic rings. The second-order valence-electron chi connectivity index (χ2n) is 11.8. The molecule has 0 spiro atoms. The number of halogens is 2. The molecular weight excluding hydrogens is 570 g/mol.